The van der Waals surface area contributed by atoms with Crippen LogP contribution in [-0.4, -0.2) is 38.2 Å². The number of ketones is 1. The summed E-state index contributed by atoms with van der Waals surface area (Å²) in [6.45, 7) is 0.841. The third-order valence-corrected chi connectivity index (χ3v) is 6.68. The fourth-order valence-corrected chi connectivity index (χ4v) is 4.86. The van der Waals surface area contributed by atoms with Crippen molar-refractivity contribution in [1.82, 2.24) is 4.90 Å². The number of carbonyl (C=O) groups excluding carboxylic acids is 1. The van der Waals surface area contributed by atoms with E-state index in [9.17, 15) is 18.0 Å². The molecule has 0 saturated heterocycles. The Labute approximate surface area is 204 Å². The Morgan fingerprint density at radius 3 is 2.71 bits per heavy atom. The number of ether oxygens (including phenoxy) is 3. The van der Waals surface area contributed by atoms with Crippen molar-refractivity contribution >= 4 is 17.4 Å². The van der Waals surface area contributed by atoms with E-state index >= 15 is 0 Å². The van der Waals surface area contributed by atoms with Crippen molar-refractivity contribution in [3.8, 4) is 28.6 Å². The number of benzene rings is 2. The van der Waals surface area contributed by atoms with Crippen LogP contribution in [0.25, 0.3) is 11.3 Å². The molecule has 0 spiro atoms. The summed E-state index contributed by atoms with van der Waals surface area (Å²) in [5, 5.41) is -0.116. The standard InChI is InChI=1S/C25H21ClF3NO5/c1-30-8-7-13-9-21-23(34-12-33-21)24(32-2)22(13)17(30)11-18(31)20-6-5-19(35-20)15-4-3-14(10-16(15)26)25(27,28)29/h3-6,9-10,17H,7-8,11-12H2,1-2H3/t17-/m1/s1. The SMILES string of the molecule is COc1c2c(cc3c1[C@@H](CC(=O)c1ccc(-c4ccc(C(F)(F)F)cc4Cl)o1)N(C)CC3)OCO2. The molecule has 2 aliphatic heterocycles. The number of nitrogens with zero attached hydrogens (tertiary/aromatic N) is 1. The Kier molecular flexibility index (Phi) is 5.93. The third kappa shape index (κ3) is 4.23. The van der Waals surface area contributed by atoms with Crippen LogP contribution >= 0.6 is 11.6 Å². The first kappa shape index (κ1) is 23.6. The molecule has 0 saturated carbocycles. The maximum absolute atomic E-state index is 13.2. The summed E-state index contributed by atoms with van der Waals surface area (Å²) in [5.41, 5.74) is 1.31. The molecule has 184 valence electrons. The van der Waals surface area contributed by atoms with Gasteiger partial charge in [0.2, 0.25) is 12.5 Å². The summed E-state index contributed by atoms with van der Waals surface area (Å²) in [6.07, 6.45) is -3.64. The first-order valence-electron chi connectivity index (χ1n) is 10.9. The molecule has 0 aliphatic carbocycles. The highest BCUT2D eigenvalue weighted by Crippen LogP contribution is 2.50. The highest BCUT2D eigenvalue weighted by Gasteiger charge is 2.36. The van der Waals surface area contributed by atoms with Gasteiger partial charge in [0.25, 0.3) is 0 Å². The summed E-state index contributed by atoms with van der Waals surface area (Å²) in [5.74, 6) is 1.75. The average molecular weight is 508 g/mol. The molecule has 0 amide bonds. The maximum atomic E-state index is 13.2. The zero-order valence-electron chi connectivity index (χ0n) is 18.9. The molecule has 10 heteroatoms. The number of hydrogen-bond acceptors (Lipinski definition) is 6. The minimum Gasteiger partial charge on any atom is -0.492 e. The summed E-state index contributed by atoms with van der Waals surface area (Å²) in [4.78, 5) is 15.3. The predicted octanol–water partition coefficient (Wildman–Crippen LogP) is 6.16. The van der Waals surface area contributed by atoms with E-state index < -0.39 is 11.7 Å². The molecule has 0 bridgehead atoms. The molecule has 1 atom stereocenters. The Morgan fingerprint density at radius 1 is 1.20 bits per heavy atom. The lowest BCUT2D eigenvalue weighted by atomic mass is 9.88. The van der Waals surface area contributed by atoms with Crippen LogP contribution in [0.1, 0.15) is 39.7 Å². The van der Waals surface area contributed by atoms with Crippen molar-refractivity contribution in [2.75, 3.05) is 27.5 Å². The van der Waals surface area contributed by atoms with Crippen molar-refractivity contribution in [1.29, 1.82) is 0 Å². The number of likely N-dealkylation sites (N-methyl/N-ethyl adjacent to an activating group) is 1. The summed E-state index contributed by atoms with van der Waals surface area (Å²) in [6, 6.07) is 7.67. The monoisotopic (exact) mass is 507 g/mol. The van der Waals surface area contributed by atoms with Crippen molar-refractivity contribution in [2.24, 2.45) is 0 Å². The third-order valence-electron chi connectivity index (χ3n) is 6.37. The lowest BCUT2D eigenvalue weighted by Gasteiger charge is -2.35. The van der Waals surface area contributed by atoms with Gasteiger partial charge in [-0.3, -0.25) is 9.69 Å². The number of halogens is 4. The zero-order valence-corrected chi connectivity index (χ0v) is 19.6. The number of furan rings is 1. The number of methoxy groups -OCH3 is 1. The number of hydrogen-bond donors (Lipinski definition) is 0. The molecule has 2 aliphatic rings. The van der Waals surface area contributed by atoms with Gasteiger partial charge in [0, 0.05) is 30.1 Å². The molecule has 3 heterocycles. The van der Waals surface area contributed by atoms with Gasteiger partial charge in [0.1, 0.15) is 5.76 Å². The molecule has 3 aromatic rings. The molecule has 1 aromatic heterocycles. The summed E-state index contributed by atoms with van der Waals surface area (Å²) < 4.78 is 61.4. The van der Waals surface area contributed by atoms with Crippen LogP contribution in [0.4, 0.5) is 13.2 Å². The van der Waals surface area contributed by atoms with Crippen molar-refractivity contribution in [3.63, 3.8) is 0 Å². The van der Waals surface area contributed by atoms with Gasteiger partial charge in [-0.1, -0.05) is 11.6 Å². The fourth-order valence-electron chi connectivity index (χ4n) is 4.58. The molecule has 0 fully saturated rings. The predicted molar refractivity (Wildman–Crippen MR) is 121 cm³/mol. The summed E-state index contributed by atoms with van der Waals surface area (Å²) >= 11 is 6.08. The van der Waals surface area contributed by atoms with Gasteiger partial charge in [0.15, 0.2) is 23.0 Å². The fraction of sp³-hybridized carbons (Fsp3) is 0.320. The summed E-state index contributed by atoms with van der Waals surface area (Å²) in [7, 11) is 3.48. The minimum atomic E-state index is -4.51. The van der Waals surface area contributed by atoms with Gasteiger partial charge in [-0.25, -0.2) is 0 Å². The van der Waals surface area contributed by atoms with Crippen LogP contribution in [0.15, 0.2) is 40.8 Å². The molecule has 5 rings (SSSR count). The van der Waals surface area contributed by atoms with Crippen LogP contribution in [0, 0.1) is 0 Å². The Bertz CT molecular complexity index is 1300. The Balaban J connectivity index is 1.42. The second kappa shape index (κ2) is 8.80. The van der Waals surface area contributed by atoms with Crippen LogP contribution < -0.4 is 14.2 Å². The molecular formula is C25H21ClF3NO5. The van der Waals surface area contributed by atoms with E-state index in [-0.39, 0.29) is 47.1 Å². The highest BCUT2D eigenvalue weighted by molar-refractivity contribution is 6.33. The Hall–Kier alpha value is -3.17. The lowest BCUT2D eigenvalue weighted by molar-refractivity contribution is -0.137. The second-order valence-electron chi connectivity index (χ2n) is 8.45. The largest absolute Gasteiger partial charge is 0.492 e. The van der Waals surface area contributed by atoms with Crippen LogP contribution in [0.3, 0.4) is 0 Å². The van der Waals surface area contributed by atoms with E-state index in [2.05, 4.69) is 4.90 Å². The first-order valence-corrected chi connectivity index (χ1v) is 11.2. The van der Waals surface area contributed by atoms with Gasteiger partial charge >= 0.3 is 6.18 Å². The van der Waals surface area contributed by atoms with Gasteiger partial charge in [-0.2, -0.15) is 13.2 Å². The van der Waals surface area contributed by atoms with Crippen molar-refractivity contribution < 1.29 is 36.6 Å². The number of Topliss-reactive ketones (excluding diaryl/α,β-unsaturated/α-hetero) is 1. The van der Waals surface area contributed by atoms with Gasteiger partial charge in [0.05, 0.1) is 17.7 Å². The zero-order chi connectivity index (χ0) is 24.9. The first-order chi connectivity index (χ1) is 16.7. The number of rotatable bonds is 5. The molecule has 6 nitrogen and oxygen atoms in total. The van der Waals surface area contributed by atoms with E-state index in [4.69, 9.17) is 30.2 Å². The van der Waals surface area contributed by atoms with E-state index in [1.165, 1.54) is 18.2 Å². The van der Waals surface area contributed by atoms with Gasteiger partial charge < -0.3 is 18.6 Å². The van der Waals surface area contributed by atoms with E-state index in [1.54, 1.807) is 7.11 Å². The molecule has 2 aromatic carbocycles. The Morgan fingerprint density at radius 2 is 2.00 bits per heavy atom. The quantitative estimate of drug-likeness (QED) is 0.386. The molecule has 35 heavy (non-hydrogen) atoms. The minimum absolute atomic E-state index is 0.0937. The van der Waals surface area contributed by atoms with Crippen LogP contribution in [-0.2, 0) is 12.6 Å². The topological polar surface area (TPSA) is 61.1 Å². The van der Waals surface area contributed by atoms with Gasteiger partial charge in [-0.15, -0.1) is 0 Å². The van der Waals surface area contributed by atoms with Crippen LogP contribution in [0.5, 0.6) is 17.2 Å². The highest BCUT2D eigenvalue weighted by atomic mass is 35.5. The normalized spacial score (nSPS) is 17.4. The lowest BCUT2D eigenvalue weighted by Crippen LogP contribution is -2.34. The van der Waals surface area contributed by atoms with E-state index in [0.29, 0.717) is 17.2 Å². The number of alkyl halides is 3. The van der Waals surface area contributed by atoms with E-state index in [0.717, 1.165) is 36.2 Å². The van der Waals surface area contributed by atoms with Crippen molar-refractivity contribution in [2.45, 2.75) is 25.1 Å². The second-order valence-corrected chi connectivity index (χ2v) is 8.85. The smallest absolute Gasteiger partial charge is 0.416 e. The number of fused-ring (bicyclic) bond motifs is 2. The average Bonchev–Trinajstić information content (AvgIpc) is 3.48. The molecular weight excluding hydrogens is 487 g/mol. The van der Waals surface area contributed by atoms with Crippen LogP contribution in [0.2, 0.25) is 5.02 Å². The molecule has 0 radical (unpaired) electrons. The number of carbonyl (C=O) groups is 1. The maximum Gasteiger partial charge on any atom is 0.416 e. The van der Waals surface area contributed by atoms with Crippen molar-refractivity contribution in [3.05, 3.63) is 63.9 Å². The van der Waals surface area contributed by atoms with E-state index in [1.807, 2.05) is 13.1 Å². The molecule has 0 unspecified atom stereocenters. The van der Waals surface area contributed by atoms with Gasteiger partial charge in [-0.05, 0) is 55.4 Å². The molecule has 0 N–H and O–H groups in total.